The molecule has 1 amide bonds. The number of sulfonamides is 1. The Hall–Kier alpha value is -2.82. The fourth-order valence-electron chi connectivity index (χ4n) is 3.16. The summed E-state index contributed by atoms with van der Waals surface area (Å²) in [6.45, 7) is 3.07. The summed E-state index contributed by atoms with van der Waals surface area (Å²) in [5.41, 5.74) is 1.09. The molecule has 1 aliphatic heterocycles. The van der Waals surface area contributed by atoms with Gasteiger partial charge in [-0.2, -0.15) is 4.31 Å². The number of carbonyl (C=O) groups is 1. The molecular weight excluding hydrogens is 422 g/mol. The van der Waals surface area contributed by atoms with Crippen LogP contribution in [0.4, 0.5) is 11.4 Å². The normalized spacial score (nSPS) is 15.7. The number of rotatable bonds is 8. The molecule has 0 radical (unpaired) electrons. The Morgan fingerprint density at radius 3 is 2.42 bits per heavy atom. The Morgan fingerprint density at radius 1 is 1.03 bits per heavy atom. The van der Waals surface area contributed by atoms with Crippen molar-refractivity contribution in [3.8, 4) is 11.5 Å². The molecule has 0 unspecified atom stereocenters. The van der Waals surface area contributed by atoms with Crippen LogP contribution in [0.15, 0.2) is 47.4 Å². The fourth-order valence-corrected chi connectivity index (χ4v) is 4.62. The molecule has 0 spiro atoms. The zero-order valence-corrected chi connectivity index (χ0v) is 18.6. The lowest BCUT2D eigenvalue weighted by molar-refractivity contribution is -0.116. The van der Waals surface area contributed by atoms with Gasteiger partial charge in [-0.15, -0.1) is 0 Å². The highest BCUT2D eigenvalue weighted by Crippen LogP contribution is 2.30. The Bertz CT molecular complexity index is 1020. The number of amides is 1. The van der Waals surface area contributed by atoms with Crippen molar-refractivity contribution in [3.05, 3.63) is 42.5 Å². The average molecular weight is 450 g/mol. The van der Waals surface area contributed by atoms with Gasteiger partial charge >= 0.3 is 0 Å². The molecule has 9 nitrogen and oxygen atoms in total. The molecular formula is C21H27N3O6S. The van der Waals surface area contributed by atoms with Crippen molar-refractivity contribution in [2.75, 3.05) is 51.2 Å². The lowest BCUT2D eigenvalue weighted by Crippen LogP contribution is -2.40. The first-order valence-corrected chi connectivity index (χ1v) is 11.3. The van der Waals surface area contributed by atoms with Crippen LogP contribution in [-0.2, 0) is 19.6 Å². The number of carbonyl (C=O) groups excluding carboxylic acids is 1. The molecule has 168 valence electrons. The molecule has 31 heavy (non-hydrogen) atoms. The molecule has 0 aromatic heterocycles. The number of nitrogens with one attached hydrogen (secondary N) is 2. The van der Waals surface area contributed by atoms with Gasteiger partial charge in [0.05, 0.1) is 32.3 Å². The van der Waals surface area contributed by atoms with E-state index in [1.165, 1.54) is 23.5 Å². The van der Waals surface area contributed by atoms with Crippen molar-refractivity contribution >= 4 is 27.3 Å². The highest BCUT2D eigenvalue weighted by Gasteiger charge is 2.26. The average Bonchev–Trinajstić information content (AvgIpc) is 2.79. The van der Waals surface area contributed by atoms with E-state index in [1.54, 1.807) is 44.4 Å². The van der Waals surface area contributed by atoms with Crippen molar-refractivity contribution in [3.63, 3.8) is 0 Å². The number of ether oxygens (including phenoxy) is 3. The van der Waals surface area contributed by atoms with Crippen LogP contribution in [0.3, 0.4) is 0 Å². The Morgan fingerprint density at radius 2 is 1.74 bits per heavy atom. The minimum Gasteiger partial charge on any atom is -0.493 e. The molecule has 2 aromatic rings. The first kappa shape index (κ1) is 22.9. The van der Waals surface area contributed by atoms with E-state index in [1.807, 2.05) is 0 Å². The van der Waals surface area contributed by atoms with Gasteiger partial charge in [0.1, 0.15) is 6.04 Å². The van der Waals surface area contributed by atoms with E-state index in [2.05, 4.69) is 10.6 Å². The van der Waals surface area contributed by atoms with Gasteiger partial charge in [0.2, 0.25) is 15.9 Å². The molecule has 1 heterocycles. The van der Waals surface area contributed by atoms with E-state index in [-0.39, 0.29) is 10.8 Å². The summed E-state index contributed by atoms with van der Waals surface area (Å²) in [6.07, 6.45) is 0. The van der Waals surface area contributed by atoms with E-state index in [9.17, 15) is 13.2 Å². The topological polar surface area (TPSA) is 106 Å². The molecule has 0 bridgehead atoms. The van der Waals surface area contributed by atoms with Gasteiger partial charge in [-0.1, -0.05) is 6.07 Å². The number of anilines is 2. The van der Waals surface area contributed by atoms with Gasteiger partial charge in [-0.25, -0.2) is 8.42 Å². The highest BCUT2D eigenvalue weighted by molar-refractivity contribution is 7.89. The third-order valence-electron chi connectivity index (χ3n) is 4.87. The number of methoxy groups -OCH3 is 2. The SMILES string of the molecule is COc1ccc(N[C@H](C)C(=O)Nc2cccc(S(=O)(=O)N3CCOCC3)c2)cc1OC. The standard InChI is InChI=1S/C21H27N3O6S/c1-15(22-17-7-8-19(28-2)20(14-17)29-3)21(25)23-16-5-4-6-18(13-16)31(26,27)24-9-11-30-12-10-24/h4-8,13-15,22H,9-12H2,1-3H3,(H,23,25)/t15-/m1/s1. The molecule has 1 aliphatic rings. The fraction of sp³-hybridized carbons (Fsp3) is 0.381. The zero-order chi connectivity index (χ0) is 22.4. The van der Waals surface area contributed by atoms with Crippen LogP contribution in [0.25, 0.3) is 0 Å². The maximum Gasteiger partial charge on any atom is 0.246 e. The van der Waals surface area contributed by atoms with Crippen LogP contribution in [0.5, 0.6) is 11.5 Å². The van der Waals surface area contributed by atoms with Crippen LogP contribution in [-0.4, -0.2) is 65.2 Å². The van der Waals surface area contributed by atoms with Crippen molar-refractivity contribution in [2.24, 2.45) is 0 Å². The first-order valence-electron chi connectivity index (χ1n) is 9.82. The summed E-state index contributed by atoms with van der Waals surface area (Å²) in [5, 5.41) is 5.86. The predicted molar refractivity (Wildman–Crippen MR) is 117 cm³/mol. The maximum atomic E-state index is 12.8. The first-order chi connectivity index (χ1) is 14.8. The van der Waals surface area contributed by atoms with Crippen LogP contribution in [0.1, 0.15) is 6.92 Å². The molecule has 0 aliphatic carbocycles. The van der Waals surface area contributed by atoms with E-state index < -0.39 is 16.1 Å². The quantitative estimate of drug-likeness (QED) is 0.636. The number of hydrogen-bond acceptors (Lipinski definition) is 7. The van der Waals surface area contributed by atoms with Crippen molar-refractivity contribution in [2.45, 2.75) is 17.9 Å². The van der Waals surface area contributed by atoms with Crippen LogP contribution in [0.2, 0.25) is 0 Å². The van der Waals surface area contributed by atoms with Crippen molar-refractivity contribution in [1.29, 1.82) is 0 Å². The third kappa shape index (κ3) is 5.46. The van der Waals surface area contributed by atoms with Gasteiger partial charge in [0.15, 0.2) is 11.5 Å². The zero-order valence-electron chi connectivity index (χ0n) is 17.8. The molecule has 1 fully saturated rings. The number of morpholine rings is 1. The summed E-state index contributed by atoms with van der Waals surface area (Å²) in [7, 11) is -0.555. The summed E-state index contributed by atoms with van der Waals surface area (Å²) in [4.78, 5) is 12.8. The monoisotopic (exact) mass is 449 g/mol. The highest BCUT2D eigenvalue weighted by atomic mass is 32.2. The van der Waals surface area contributed by atoms with E-state index in [0.717, 1.165) is 0 Å². The number of nitrogens with zero attached hydrogens (tertiary/aromatic N) is 1. The van der Waals surface area contributed by atoms with Gasteiger partial charge < -0.3 is 24.8 Å². The minimum absolute atomic E-state index is 0.132. The predicted octanol–water partition coefficient (Wildman–Crippen LogP) is 2.16. The number of benzene rings is 2. The van der Waals surface area contributed by atoms with E-state index in [0.29, 0.717) is 49.2 Å². The molecule has 2 N–H and O–H groups in total. The largest absolute Gasteiger partial charge is 0.493 e. The van der Waals surface area contributed by atoms with E-state index >= 15 is 0 Å². The summed E-state index contributed by atoms with van der Waals surface area (Å²) in [5.74, 6) is 0.820. The summed E-state index contributed by atoms with van der Waals surface area (Å²) >= 11 is 0. The van der Waals surface area contributed by atoms with Crippen LogP contribution >= 0.6 is 0 Å². The summed E-state index contributed by atoms with van der Waals surface area (Å²) < 4.78 is 42.8. The molecule has 2 aromatic carbocycles. The van der Waals surface area contributed by atoms with Gasteiger partial charge in [-0.3, -0.25) is 4.79 Å². The minimum atomic E-state index is -3.64. The number of hydrogen-bond donors (Lipinski definition) is 2. The van der Waals surface area contributed by atoms with Crippen LogP contribution in [0, 0.1) is 0 Å². The molecule has 1 atom stereocenters. The van der Waals surface area contributed by atoms with Crippen LogP contribution < -0.4 is 20.1 Å². The second-order valence-corrected chi connectivity index (χ2v) is 8.91. The molecule has 0 saturated carbocycles. The maximum absolute atomic E-state index is 12.8. The summed E-state index contributed by atoms with van der Waals surface area (Å²) in [6, 6.07) is 10.9. The third-order valence-corrected chi connectivity index (χ3v) is 6.76. The smallest absolute Gasteiger partial charge is 0.246 e. The van der Waals surface area contributed by atoms with Gasteiger partial charge in [0.25, 0.3) is 0 Å². The molecule has 1 saturated heterocycles. The lowest BCUT2D eigenvalue weighted by Gasteiger charge is -2.26. The second kappa shape index (κ2) is 9.99. The second-order valence-electron chi connectivity index (χ2n) is 6.97. The van der Waals surface area contributed by atoms with Gasteiger partial charge in [-0.05, 0) is 37.3 Å². The van der Waals surface area contributed by atoms with Crippen molar-refractivity contribution < 1.29 is 27.4 Å². The lowest BCUT2D eigenvalue weighted by atomic mass is 10.2. The molecule has 10 heteroatoms. The Kier molecular flexibility index (Phi) is 7.37. The Balaban J connectivity index is 1.68. The van der Waals surface area contributed by atoms with E-state index in [4.69, 9.17) is 14.2 Å². The Labute approximate surface area is 182 Å². The molecule has 3 rings (SSSR count). The van der Waals surface area contributed by atoms with Crippen molar-refractivity contribution in [1.82, 2.24) is 4.31 Å². The van der Waals surface area contributed by atoms with Gasteiger partial charge in [0, 0.05) is 30.5 Å².